The fourth-order valence-electron chi connectivity index (χ4n) is 1.39. The summed E-state index contributed by atoms with van der Waals surface area (Å²) in [7, 11) is 3.89. The molecule has 0 aromatic heterocycles. The van der Waals surface area contributed by atoms with Crippen LogP contribution < -0.4 is 5.73 Å². The smallest absolute Gasteiger partial charge is 0.100 e. The topological polar surface area (TPSA) is 41.6 Å². The van der Waals surface area contributed by atoms with Gasteiger partial charge in [-0.15, -0.1) is 0 Å². The van der Waals surface area contributed by atoms with Crippen molar-refractivity contribution in [2.75, 3.05) is 20.6 Å². The number of likely N-dealkylation sites (tertiary alicyclic amines) is 1. The molecular weight excluding hydrogens is 138 g/mol. The minimum atomic E-state index is -0.0403. The van der Waals surface area contributed by atoms with E-state index in [9.17, 15) is 0 Å². The van der Waals surface area contributed by atoms with Gasteiger partial charge in [0.15, 0.2) is 0 Å². The monoisotopic (exact) mass is 155 g/mol. The third-order valence-corrected chi connectivity index (χ3v) is 2.28. The predicted octanol–water partition coefficient (Wildman–Crippen LogP) is 0.458. The average Bonchev–Trinajstić information content (AvgIpc) is 1.94. The SMILES string of the molecule is CN=C1CC(C)(N)CCN1C. The molecule has 0 radical (unpaired) electrons. The Bertz CT molecular complexity index is 172. The second-order valence-electron chi connectivity index (χ2n) is 3.64. The lowest BCUT2D eigenvalue weighted by Crippen LogP contribution is -2.49. The van der Waals surface area contributed by atoms with Gasteiger partial charge in [0.1, 0.15) is 5.84 Å². The van der Waals surface area contributed by atoms with Gasteiger partial charge in [-0.2, -0.15) is 0 Å². The van der Waals surface area contributed by atoms with Crippen molar-refractivity contribution in [3.05, 3.63) is 0 Å². The second-order valence-corrected chi connectivity index (χ2v) is 3.64. The third kappa shape index (κ3) is 1.93. The molecule has 1 rings (SSSR count). The Morgan fingerprint density at radius 3 is 2.73 bits per heavy atom. The molecule has 3 nitrogen and oxygen atoms in total. The van der Waals surface area contributed by atoms with Crippen molar-refractivity contribution in [3.63, 3.8) is 0 Å². The van der Waals surface area contributed by atoms with Gasteiger partial charge in [-0.25, -0.2) is 0 Å². The van der Waals surface area contributed by atoms with Gasteiger partial charge in [0.05, 0.1) is 0 Å². The maximum Gasteiger partial charge on any atom is 0.100 e. The van der Waals surface area contributed by atoms with Gasteiger partial charge in [0.2, 0.25) is 0 Å². The van der Waals surface area contributed by atoms with Crippen LogP contribution in [0.3, 0.4) is 0 Å². The molecule has 1 heterocycles. The van der Waals surface area contributed by atoms with Gasteiger partial charge in [-0.1, -0.05) is 0 Å². The lowest BCUT2D eigenvalue weighted by molar-refractivity contribution is 0.324. The second kappa shape index (κ2) is 2.81. The number of nitrogens with zero attached hydrogens (tertiary/aromatic N) is 2. The van der Waals surface area contributed by atoms with Crippen molar-refractivity contribution < 1.29 is 0 Å². The van der Waals surface area contributed by atoms with Gasteiger partial charge in [-0.3, -0.25) is 4.99 Å². The first-order valence-electron chi connectivity index (χ1n) is 4.01. The molecule has 3 heteroatoms. The fourth-order valence-corrected chi connectivity index (χ4v) is 1.39. The van der Waals surface area contributed by atoms with E-state index in [2.05, 4.69) is 23.9 Å². The Labute approximate surface area is 68.3 Å². The van der Waals surface area contributed by atoms with Crippen LogP contribution in [-0.4, -0.2) is 36.9 Å². The Hall–Kier alpha value is -0.570. The minimum Gasteiger partial charge on any atom is -0.363 e. The molecule has 1 atom stereocenters. The molecule has 64 valence electrons. The zero-order valence-electron chi connectivity index (χ0n) is 7.59. The molecule has 11 heavy (non-hydrogen) atoms. The molecule has 0 aliphatic carbocycles. The van der Waals surface area contributed by atoms with E-state index in [4.69, 9.17) is 5.73 Å². The van der Waals surface area contributed by atoms with Crippen molar-refractivity contribution >= 4 is 5.84 Å². The molecule has 1 aliphatic heterocycles. The number of rotatable bonds is 0. The highest BCUT2D eigenvalue weighted by atomic mass is 15.2. The number of amidine groups is 1. The van der Waals surface area contributed by atoms with E-state index in [1.54, 1.807) is 0 Å². The van der Waals surface area contributed by atoms with Crippen LogP contribution in [0.2, 0.25) is 0 Å². The Morgan fingerprint density at radius 1 is 1.64 bits per heavy atom. The molecule has 0 saturated carbocycles. The lowest BCUT2D eigenvalue weighted by atomic mass is 9.90. The van der Waals surface area contributed by atoms with Gasteiger partial charge in [0, 0.05) is 32.6 Å². The summed E-state index contributed by atoms with van der Waals surface area (Å²) in [5.74, 6) is 1.13. The zero-order chi connectivity index (χ0) is 8.48. The van der Waals surface area contributed by atoms with Crippen LogP contribution in [0.25, 0.3) is 0 Å². The van der Waals surface area contributed by atoms with Crippen LogP contribution in [0.4, 0.5) is 0 Å². The van der Waals surface area contributed by atoms with Crippen molar-refractivity contribution in [2.45, 2.75) is 25.3 Å². The standard InChI is InChI=1S/C8H17N3/c1-8(9)4-5-11(3)7(6-8)10-2/h4-6,9H2,1-3H3. The third-order valence-electron chi connectivity index (χ3n) is 2.28. The Morgan fingerprint density at radius 2 is 2.27 bits per heavy atom. The maximum absolute atomic E-state index is 6.00. The first kappa shape index (κ1) is 8.53. The van der Waals surface area contributed by atoms with Crippen molar-refractivity contribution in [2.24, 2.45) is 10.7 Å². The molecular formula is C8H17N3. The Balaban J connectivity index is 2.66. The average molecular weight is 155 g/mol. The highest BCUT2D eigenvalue weighted by molar-refractivity contribution is 5.83. The van der Waals surface area contributed by atoms with E-state index in [0.717, 1.165) is 25.2 Å². The van der Waals surface area contributed by atoms with E-state index in [-0.39, 0.29) is 5.54 Å². The van der Waals surface area contributed by atoms with E-state index >= 15 is 0 Å². The van der Waals surface area contributed by atoms with Gasteiger partial charge in [0.25, 0.3) is 0 Å². The molecule has 1 unspecified atom stereocenters. The number of aliphatic imine (C=N–C) groups is 1. The summed E-state index contributed by atoms with van der Waals surface area (Å²) in [5.41, 5.74) is 5.96. The van der Waals surface area contributed by atoms with Crippen molar-refractivity contribution in [1.82, 2.24) is 4.90 Å². The summed E-state index contributed by atoms with van der Waals surface area (Å²) in [6, 6.07) is 0. The summed E-state index contributed by atoms with van der Waals surface area (Å²) < 4.78 is 0. The predicted molar refractivity (Wildman–Crippen MR) is 47.8 cm³/mol. The number of hydrogen-bond donors (Lipinski definition) is 1. The van der Waals surface area contributed by atoms with Crippen LogP contribution >= 0.6 is 0 Å². The molecule has 0 spiro atoms. The molecule has 0 bridgehead atoms. The molecule has 2 N–H and O–H groups in total. The number of piperidine rings is 1. The minimum absolute atomic E-state index is 0.0403. The van der Waals surface area contributed by atoms with Crippen molar-refractivity contribution in [3.8, 4) is 0 Å². The molecule has 0 amide bonds. The Kier molecular flexibility index (Phi) is 2.18. The van der Waals surface area contributed by atoms with Crippen LogP contribution in [0.1, 0.15) is 19.8 Å². The van der Waals surface area contributed by atoms with E-state index in [1.165, 1.54) is 0 Å². The van der Waals surface area contributed by atoms with Crippen molar-refractivity contribution in [1.29, 1.82) is 0 Å². The van der Waals surface area contributed by atoms with Crippen LogP contribution in [0.15, 0.2) is 4.99 Å². The molecule has 1 saturated heterocycles. The quantitative estimate of drug-likeness (QED) is 0.552. The zero-order valence-corrected chi connectivity index (χ0v) is 7.59. The van der Waals surface area contributed by atoms with Crippen LogP contribution in [0, 0.1) is 0 Å². The van der Waals surface area contributed by atoms with E-state index in [0.29, 0.717) is 0 Å². The van der Waals surface area contributed by atoms with E-state index in [1.807, 2.05) is 7.05 Å². The van der Waals surface area contributed by atoms with Crippen LogP contribution in [-0.2, 0) is 0 Å². The van der Waals surface area contributed by atoms with E-state index < -0.39 is 0 Å². The summed E-state index contributed by atoms with van der Waals surface area (Å²) in [5, 5.41) is 0. The first-order valence-corrected chi connectivity index (χ1v) is 4.01. The summed E-state index contributed by atoms with van der Waals surface area (Å²) >= 11 is 0. The maximum atomic E-state index is 6.00. The molecule has 0 aromatic carbocycles. The molecule has 1 fully saturated rings. The van der Waals surface area contributed by atoms with Gasteiger partial charge < -0.3 is 10.6 Å². The highest BCUT2D eigenvalue weighted by Crippen LogP contribution is 2.19. The summed E-state index contributed by atoms with van der Waals surface area (Å²) in [4.78, 5) is 6.36. The molecule has 1 aliphatic rings. The summed E-state index contributed by atoms with van der Waals surface area (Å²) in [6.07, 6.45) is 1.96. The lowest BCUT2D eigenvalue weighted by Gasteiger charge is -2.36. The normalized spacial score (nSPS) is 36.4. The molecule has 0 aromatic rings. The largest absolute Gasteiger partial charge is 0.363 e. The van der Waals surface area contributed by atoms with Gasteiger partial charge >= 0.3 is 0 Å². The van der Waals surface area contributed by atoms with Gasteiger partial charge in [-0.05, 0) is 13.3 Å². The highest BCUT2D eigenvalue weighted by Gasteiger charge is 2.27. The fraction of sp³-hybridized carbons (Fsp3) is 0.875. The number of nitrogens with two attached hydrogens (primary N) is 1. The van der Waals surface area contributed by atoms with Crippen LogP contribution in [0.5, 0.6) is 0 Å². The number of hydrogen-bond acceptors (Lipinski definition) is 2. The first-order chi connectivity index (χ1) is 5.05. The summed E-state index contributed by atoms with van der Waals surface area (Å²) in [6.45, 7) is 3.12.